The van der Waals surface area contributed by atoms with Crippen LogP contribution >= 0.6 is 11.8 Å². The molecule has 1 heterocycles. The van der Waals surface area contributed by atoms with Crippen LogP contribution in [-0.2, 0) is 0 Å². The number of thioether (sulfide) groups is 1. The number of nitrogens with zero attached hydrogens (tertiary/aromatic N) is 1. The molecular formula is C13H19NOS. The molecule has 88 valence electrons. The van der Waals surface area contributed by atoms with Gasteiger partial charge in [-0.15, -0.1) is 11.8 Å². The van der Waals surface area contributed by atoms with E-state index in [-0.39, 0.29) is 6.10 Å². The monoisotopic (exact) mass is 237 g/mol. The third-order valence-corrected chi connectivity index (χ3v) is 4.27. The lowest BCUT2D eigenvalue weighted by molar-refractivity contribution is 0.152. The average Bonchev–Trinajstić information content (AvgIpc) is 2.57. The van der Waals surface area contributed by atoms with Crippen molar-refractivity contribution < 1.29 is 5.11 Å². The van der Waals surface area contributed by atoms with Crippen LogP contribution in [-0.4, -0.2) is 42.0 Å². The van der Waals surface area contributed by atoms with Crippen LogP contribution in [0.2, 0.25) is 0 Å². The standard InChI is InChI=1S/C13H19NOS/c1-10-3-5-12(6-4-10)16-9-11-7-14(2)8-13(11)15/h3-6,11,13,15H,7-9H2,1-2H3/t11-,13+/m0/s1. The van der Waals surface area contributed by atoms with Gasteiger partial charge in [-0.3, -0.25) is 0 Å². The lowest BCUT2D eigenvalue weighted by atomic mass is 10.1. The molecule has 0 bridgehead atoms. The van der Waals surface area contributed by atoms with Gasteiger partial charge in [0, 0.05) is 29.7 Å². The van der Waals surface area contributed by atoms with Gasteiger partial charge in [-0.1, -0.05) is 17.7 Å². The fourth-order valence-electron chi connectivity index (χ4n) is 2.07. The molecule has 1 aliphatic rings. The average molecular weight is 237 g/mol. The molecule has 16 heavy (non-hydrogen) atoms. The number of benzene rings is 1. The van der Waals surface area contributed by atoms with Gasteiger partial charge < -0.3 is 10.0 Å². The largest absolute Gasteiger partial charge is 0.391 e. The number of aryl methyl sites for hydroxylation is 1. The molecule has 2 nitrogen and oxygen atoms in total. The van der Waals surface area contributed by atoms with Crippen molar-refractivity contribution in [3.05, 3.63) is 29.8 Å². The Kier molecular flexibility index (Phi) is 3.90. The van der Waals surface area contributed by atoms with Crippen LogP contribution in [0.25, 0.3) is 0 Å². The number of β-amino-alcohol motifs (C(OH)–C–C–N with tert-alkyl or cyclic N) is 1. The van der Waals surface area contributed by atoms with Gasteiger partial charge in [0.15, 0.2) is 0 Å². The van der Waals surface area contributed by atoms with Crippen LogP contribution < -0.4 is 0 Å². The summed E-state index contributed by atoms with van der Waals surface area (Å²) in [6, 6.07) is 8.59. The molecule has 0 amide bonds. The molecule has 2 rings (SSSR count). The Morgan fingerprint density at radius 1 is 1.31 bits per heavy atom. The van der Waals surface area contributed by atoms with Crippen molar-refractivity contribution in [2.75, 3.05) is 25.9 Å². The van der Waals surface area contributed by atoms with Gasteiger partial charge in [0.2, 0.25) is 0 Å². The second-order valence-electron chi connectivity index (χ2n) is 4.67. The highest BCUT2D eigenvalue weighted by Gasteiger charge is 2.28. The van der Waals surface area contributed by atoms with E-state index in [2.05, 4.69) is 43.1 Å². The zero-order valence-electron chi connectivity index (χ0n) is 9.89. The highest BCUT2D eigenvalue weighted by molar-refractivity contribution is 7.99. The Balaban J connectivity index is 1.85. The molecule has 1 saturated heterocycles. The van der Waals surface area contributed by atoms with E-state index in [1.807, 2.05) is 11.8 Å². The molecule has 1 aliphatic heterocycles. The second kappa shape index (κ2) is 5.21. The number of aliphatic hydroxyl groups is 1. The first-order valence-corrected chi connectivity index (χ1v) is 6.70. The smallest absolute Gasteiger partial charge is 0.0715 e. The van der Waals surface area contributed by atoms with Gasteiger partial charge in [-0.2, -0.15) is 0 Å². The van der Waals surface area contributed by atoms with Gasteiger partial charge in [0.25, 0.3) is 0 Å². The summed E-state index contributed by atoms with van der Waals surface area (Å²) in [5.74, 6) is 1.42. The predicted molar refractivity (Wildman–Crippen MR) is 68.9 cm³/mol. The van der Waals surface area contributed by atoms with Crippen molar-refractivity contribution in [2.24, 2.45) is 5.92 Å². The summed E-state index contributed by atoms with van der Waals surface area (Å²) < 4.78 is 0. The highest BCUT2D eigenvalue weighted by atomic mass is 32.2. The molecular weight excluding hydrogens is 218 g/mol. The third-order valence-electron chi connectivity index (χ3n) is 3.07. The fourth-order valence-corrected chi connectivity index (χ4v) is 3.13. The SMILES string of the molecule is Cc1ccc(SC[C@@H]2CN(C)C[C@H]2O)cc1. The van der Waals surface area contributed by atoms with Crippen LogP contribution in [0, 0.1) is 12.8 Å². The minimum absolute atomic E-state index is 0.150. The fraction of sp³-hybridized carbons (Fsp3) is 0.538. The molecule has 0 aliphatic carbocycles. The number of aliphatic hydroxyl groups excluding tert-OH is 1. The van der Waals surface area contributed by atoms with Crippen molar-refractivity contribution in [2.45, 2.75) is 17.9 Å². The first kappa shape index (κ1) is 12.0. The maximum Gasteiger partial charge on any atom is 0.0715 e. The van der Waals surface area contributed by atoms with Crippen LogP contribution in [0.1, 0.15) is 5.56 Å². The Hall–Kier alpha value is -0.510. The van der Waals surface area contributed by atoms with Crippen LogP contribution in [0.3, 0.4) is 0 Å². The van der Waals surface area contributed by atoms with Gasteiger partial charge >= 0.3 is 0 Å². The molecule has 0 saturated carbocycles. The molecule has 0 unspecified atom stereocenters. The lowest BCUT2D eigenvalue weighted by Gasteiger charge is -2.12. The summed E-state index contributed by atoms with van der Waals surface area (Å²) in [7, 11) is 2.07. The second-order valence-corrected chi connectivity index (χ2v) is 5.77. The summed E-state index contributed by atoms with van der Waals surface area (Å²) >= 11 is 1.85. The number of likely N-dealkylation sites (N-methyl/N-ethyl adjacent to an activating group) is 1. The first-order valence-electron chi connectivity index (χ1n) is 5.71. The topological polar surface area (TPSA) is 23.5 Å². The van der Waals surface area contributed by atoms with Gasteiger partial charge in [-0.05, 0) is 26.1 Å². The van der Waals surface area contributed by atoms with E-state index < -0.39 is 0 Å². The number of rotatable bonds is 3. The van der Waals surface area contributed by atoms with Crippen molar-refractivity contribution in [3.63, 3.8) is 0 Å². The Morgan fingerprint density at radius 3 is 2.56 bits per heavy atom. The van der Waals surface area contributed by atoms with Crippen LogP contribution in [0.4, 0.5) is 0 Å². The highest BCUT2D eigenvalue weighted by Crippen LogP contribution is 2.25. The van der Waals surface area contributed by atoms with Crippen molar-refractivity contribution >= 4 is 11.8 Å². The molecule has 0 radical (unpaired) electrons. The quantitative estimate of drug-likeness (QED) is 0.814. The number of hydrogen-bond donors (Lipinski definition) is 1. The molecule has 1 aromatic carbocycles. The summed E-state index contributed by atoms with van der Waals surface area (Å²) in [4.78, 5) is 3.50. The Labute approximate surface area is 102 Å². The van der Waals surface area contributed by atoms with Crippen molar-refractivity contribution in [3.8, 4) is 0 Å². The minimum atomic E-state index is -0.150. The maximum absolute atomic E-state index is 9.83. The lowest BCUT2D eigenvalue weighted by Crippen LogP contribution is -2.19. The molecule has 1 N–H and O–H groups in total. The van der Waals surface area contributed by atoms with E-state index in [4.69, 9.17) is 0 Å². The predicted octanol–water partition coefficient (Wildman–Crippen LogP) is 2.01. The zero-order chi connectivity index (χ0) is 11.5. The van der Waals surface area contributed by atoms with E-state index >= 15 is 0 Å². The zero-order valence-corrected chi connectivity index (χ0v) is 10.7. The maximum atomic E-state index is 9.83. The van der Waals surface area contributed by atoms with E-state index in [0.29, 0.717) is 5.92 Å². The van der Waals surface area contributed by atoms with Crippen LogP contribution in [0.5, 0.6) is 0 Å². The summed E-state index contributed by atoms with van der Waals surface area (Å²) in [6.45, 7) is 3.93. The van der Waals surface area contributed by atoms with Crippen LogP contribution in [0.15, 0.2) is 29.2 Å². The van der Waals surface area contributed by atoms with E-state index in [0.717, 1.165) is 18.8 Å². The van der Waals surface area contributed by atoms with E-state index in [1.54, 1.807) is 0 Å². The molecule has 1 aromatic rings. The summed E-state index contributed by atoms with van der Waals surface area (Å²) in [5, 5.41) is 9.83. The van der Waals surface area contributed by atoms with Gasteiger partial charge in [-0.25, -0.2) is 0 Å². The van der Waals surface area contributed by atoms with Crippen molar-refractivity contribution in [1.82, 2.24) is 4.90 Å². The Bertz CT molecular complexity index is 338. The van der Waals surface area contributed by atoms with Crippen molar-refractivity contribution in [1.29, 1.82) is 0 Å². The minimum Gasteiger partial charge on any atom is -0.391 e. The number of hydrogen-bond acceptors (Lipinski definition) is 3. The third kappa shape index (κ3) is 3.00. The van der Waals surface area contributed by atoms with Gasteiger partial charge in [0.1, 0.15) is 0 Å². The number of likely N-dealkylation sites (tertiary alicyclic amines) is 1. The first-order chi connectivity index (χ1) is 7.65. The molecule has 3 heteroatoms. The molecule has 0 spiro atoms. The molecule has 1 fully saturated rings. The van der Waals surface area contributed by atoms with Gasteiger partial charge in [0.05, 0.1) is 6.10 Å². The molecule has 0 aromatic heterocycles. The van der Waals surface area contributed by atoms with E-state index in [1.165, 1.54) is 10.5 Å². The Morgan fingerprint density at radius 2 is 2.00 bits per heavy atom. The summed E-state index contributed by atoms with van der Waals surface area (Å²) in [5.41, 5.74) is 1.30. The normalized spacial score (nSPS) is 26.2. The molecule has 2 atom stereocenters. The van der Waals surface area contributed by atoms with E-state index in [9.17, 15) is 5.11 Å². The summed E-state index contributed by atoms with van der Waals surface area (Å²) in [6.07, 6.45) is -0.150.